The van der Waals surface area contributed by atoms with Crippen molar-refractivity contribution in [3.05, 3.63) is 58.9 Å². The molecule has 1 fully saturated rings. The molecule has 1 aromatic heterocycles. The van der Waals surface area contributed by atoms with Crippen LogP contribution in [0.25, 0.3) is 11.0 Å². The van der Waals surface area contributed by atoms with E-state index in [2.05, 4.69) is 0 Å². The van der Waals surface area contributed by atoms with E-state index in [9.17, 15) is 4.79 Å². The Morgan fingerprint density at radius 2 is 2.00 bits per heavy atom. The monoisotopic (exact) mass is 391 g/mol. The van der Waals surface area contributed by atoms with E-state index < -0.39 is 5.79 Å². The number of imidazole rings is 1. The Labute approximate surface area is 170 Å². The number of nitrogens with zero attached hydrogens (tertiary/aromatic N) is 3. The van der Waals surface area contributed by atoms with Crippen LogP contribution in [-0.4, -0.2) is 40.6 Å². The number of aryl methyl sites for hydroxylation is 2. The summed E-state index contributed by atoms with van der Waals surface area (Å²) in [6.45, 7) is 3.61. The number of carbonyl (C=O) groups is 1. The maximum Gasteiger partial charge on any atom is 0.254 e. The highest BCUT2D eigenvalue weighted by molar-refractivity contribution is 6.02. The second-order valence-corrected chi connectivity index (χ2v) is 7.89. The van der Waals surface area contributed by atoms with E-state index in [1.165, 1.54) is 0 Å². The third-order valence-electron chi connectivity index (χ3n) is 6.35. The van der Waals surface area contributed by atoms with Crippen LogP contribution < -0.4 is 4.74 Å². The van der Waals surface area contributed by atoms with Crippen molar-refractivity contribution >= 4 is 16.9 Å². The van der Waals surface area contributed by atoms with E-state index in [4.69, 9.17) is 14.5 Å². The van der Waals surface area contributed by atoms with E-state index in [0.29, 0.717) is 18.6 Å². The van der Waals surface area contributed by atoms with Crippen LogP contribution in [0, 0.1) is 6.92 Å². The molecule has 1 amide bonds. The summed E-state index contributed by atoms with van der Waals surface area (Å²) in [5.41, 5.74) is 4.33. The first-order valence-electron chi connectivity index (χ1n) is 10.1. The van der Waals surface area contributed by atoms with Gasteiger partial charge in [0.2, 0.25) is 5.79 Å². The van der Waals surface area contributed by atoms with Crippen LogP contribution in [0.15, 0.2) is 36.4 Å². The van der Waals surface area contributed by atoms with E-state index in [-0.39, 0.29) is 5.91 Å². The zero-order chi connectivity index (χ0) is 20.2. The molecule has 0 N–H and O–H groups in total. The smallest absolute Gasteiger partial charge is 0.254 e. The molecule has 5 rings (SSSR count). The lowest BCUT2D eigenvalue weighted by Gasteiger charge is -2.39. The molecular formula is C23H25N3O3. The third kappa shape index (κ3) is 2.66. The Hall–Kier alpha value is -2.86. The number of rotatable bonds is 3. The fourth-order valence-electron chi connectivity index (χ4n) is 4.35. The molecule has 0 aliphatic carbocycles. The molecule has 3 aromatic rings. The highest BCUT2D eigenvalue weighted by Gasteiger charge is 2.41. The molecule has 6 heteroatoms. The molecule has 150 valence electrons. The quantitative estimate of drug-likeness (QED) is 0.685. The van der Waals surface area contributed by atoms with Crippen LogP contribution in [0.5, 0.6) is 5.75 Å². The van der Waals surface area contributed by atoms with Crippen LogP contribution in [-0.2, 0) is 24.0 Å². The zero-order valence-corrected chi connectivity index (χ0v) is 17.1. The predicted octanol–water partition coefficient (Wildman–Crippen LogP) is 3.55. The van der Waals surface area contributed by atoms with Gasteiger partial charge in [-0.05, 0) is 25.8 Å². The number of ether oxygens (including phenoxy) is 2. The number of aromatic nitrogens is 2. The number of methoxy groups -OCH3 is 1. The van der Waals surface area contributed by atoms with Crippen LogP contribution in [0.1, 0.15) is 40.2 Å². The Kier molecular flexibility index (Phi) is 4.13. The standard InChI is InChI=1S/C23H25N3O3/c1-15-24-20-19(25(15)2)14-18(22(27)26-12-7-13-26)17-10-11-23(28-3,29-21(17)20)16-8-5-4-6-9-16/h4-6,8-9,14H,7,10-13H2,1-3H3. The van der Waals surface area contributed by atoms with Gasteiger partial charge in [-0.2, -0.15) is 0 Å². The molecule has 1 atom stereocenters. The molecule has 1 saturated heterocycles. The van der Waals surface area contributed by atoms with Crippen LogP contribution in [0.2, 0.25) is 0 Å². The minimum atomic E-state index is -0.884. The average Bonchev–Trinajstić information content (AvgIpc) is 3.00. The molecule has 2 aromatic carbocycles. The summed E-state index contributed by atoms with van der Waals surface area (Å²) in [6.07, 6.45) is 2.40. The molecule has 2 aliphatic heterocycles. The van der Waals surface area contributed by atoms with Gasteiger partial charge in [-0.1, -0.05) is 30.3 Å². The predicted molar refractivity (Wildman–Crippen MR) is 110 cm³/mol. The minimum absolute atomic E-state index is 0.0847. The molecule has 0 saturated carbocycles. The Morgan fingerprint density at radius 3 is 2.66 bits per heavy atom. The second kappa shape index (κ2) is 6.59. The van der Waals surface area contributed by atoms with E-state index >= 15 is 0 Å². The first kappa shape index (κ1) is 18.2. The maximum absolute atomic E-state index is 13.2. The van der Waals surface area contributed by atoms with Gasteiger partial charge in [0.05, 0.1) is 5.52 Å². The minimum Gasteiger partial charge on any atom is -0.455 e. The number of hydrogen-bond acceptors (Lipinski definition) is 4. The van der Waals surface area contributed by atoms with Gasteiger partial charge >= 0.3 is 0 Å². The largest absolute Gasteiger partial charge is 0.455 e. The van der Waals surface area contributed by atoms with E-state index in [0.717, 1.165) is 53.1 Å². The molecule has 0 radical (unpaired) electrons. The number of amides is 1. The highest BCUT2D eigenvalue weighted by atomic mass is 16.7. The van der Waals surface area contributed by atoms with Crippen LogP contribution >= 0.6 is 0 Å². The lowest BCUT2D eigenvalue weighted by molar-refractivity contribution is -0.183. The zero-order valence-electron chi connectivity index (χ0n) is 17.1. The molecule has 2 aliphatic rings. The van der Waals surface area contributed by atoms with Gasteiger partial charge in [0.15, 0.2) is 5.75 Å². The number of likely N-dealkylation sites (tertiary alicyclic amines) is 1. The van der Waals surface area contributed by atoms with Gasteiger partial charge in [-0.25, -0.2) is 4.98 Å². The summed E-state index contributed by atoms with van der Waals surface area (Å²) >= 11 is 0. The van der Waals surface area contributed by atoms with Crippen molar-refractivity contribution in [2.24, 2.45) is 7.05 Å². The Bertz CT molecular complexity index is 1100. The van der Waals surface area contributed by atoms with Gasteiger partial charge in [-0.3, -0.25) is 4.79 Å². The Morgan fingerprint density at radius 1 is 1.24 bits per heavy atom. The molecule has 6 nitrogen and oxygen atoms in total. The lowest BCUT2D eigenvalue weighted by Crippen LogP contribution is -2.43. The van der Waals surface area contributed by atoms with Gasteiger partial charge in [0, 0.05) is 50.4 Å². The number of hydrogen-bond donors (Lipinski definition) is 0. The summed E-state index contributed by atoms with van der Waals surface area (Å²) in [4.78, 5) is 19.8. The summed E-state index contributed by atoms with van der Waals surface area (Å²) in [5.74, 6) is 0.756. The van der Waals surface area contributed by atoms with Crippen molar-refractivity contribution < 1.29 is 14.3 Å². The molecular weight excluding hydrogens is 366 g/mol. The van der Waals surface area contributed by atoms with Crippen molar-refractivity contribution in [2.75, 3.05) is 20.2 Å². The lowest BCUT2D eigenvalue weighted by atomic mass is 9.90. The van der Waals surface area contributed by atoms with Crippen molar-refractivity contribution in [3.8, 4) is 5.75 Å². The molecule has 29 heavy (non-hydrogen) atoms. The first-order valence-corrected chi connectivity index (χ1v) is 10.1. The summed E-state index contributed by atoms with van der Waals surface area (Å²) in [5, 5.41) is 0. The van der Waals surface area contributed by atoms with E-state index in [1.807, 2.05) is 59.8 Å². The molecule has 1 unspecified atom stereocenters. The van der Waals surface area contributed by atoms with Crippen molar-refractivity contribution in [1.29, 1.82) is 0 Å². The SMILES string of the molecule is COC1(c2ccccc2)CCc2c(C(=O)N3CCC3)cc3c(nc(C)n3C)c2O1. The third-order valence-corrected chi connectivity index (χ3v) is 6.35. The van der Waals surface area contributed by atoms with Gasteiger partial charge in [-0.15, -0.1) is 0 Å². The van der Waals surface area contributed by atoms with Gasteiger partial charge in [0.1, 0.15) is 11.3 Å². The fraction of sp³-hybridized carbons (Fsp3) is 0.391. The second-order valence-electron chi connectivity index (χ2n) is 7.89. The molecule has 0 bridgehead atoms. The number of benzene rings is 2. The van der Waals surface area contributed by atoms with Gasteiger partial charge < -0.3 is 18.9 Å². The van der Waals surface area contributed by atoms with Crippen molar-refractivity contribution in [2.45, 2.75) is 32.0 Å². The van der Waals surface area contributed by atoms with Crippen LogP contribution in [0.3, 0.4) is 0 Å². The molecule has 3 heterocycles. The van der Waals surface area contributed by atoms with Gasteiger partial charge in [0.25, 0.3) is 5.91 Å². The fourth-order valence-corrected chi connectivity index (χ4v) is 4.35. The first-order chi connectivity index (χ1) is 14.0. The van der Waals surface area contributed by atoms with Crippen molar-refractivity contribution in [3.63, 3.8) is 0 Å². The Balaban J connectivity index is 1.71. The highest BCUT2D eigenvalue weighted by Crippen LogP contribution is 2.45. The maximum atomic E-state index is 13.2. The van der Waals surface area contributed by atoms with Crippen molar-refractivity contribution in [1.82, 2.24) is 14.5 Å². The molecule has 0 spiro atoms. The topological polar surface area (TPSA) is 56.6 Å². The normalized spacial score (nSPS) is 20.9. The summed E-state index contributed by atoms with van der Waals surface area (Å²) in [7, 11) is 3.65. The summed E-state index contributed by atoms with van der Waals surface area (Å²) < 4.78 is 14.5. The van der Waals surface area contributed by atoms with Crippen LogP contribution in [0.4, 0.5) is 0 Å². The number of fused-ring (bicyclic) bond motifs is 3. The average molecular weight is 391 g/mol. The summed E-state index contributed by atoms with van der Waals surface area (Å²) in [6, 6.07) is 12.0. The van der Waals surface area contributed by atoms with E-state index in [1.54, 1.807) is 7.11 Å². The number of carbonyl (C=O) groups excluding carboxylic acids is 1.